The van der Waals surface area contributed by atoms with Gasteiger partial charge in [-0.15, -0.1) is 11.8 Å². The highest BCUT2D eigenvalue weighted by molar-refractivity contribution is 8.01. The van der Waals surface area contributed by atoms with Gasteiger partial charge in [-0.25, -0.2) is 0 Å². The molecule has 0 fully saturated rings. The molecule has 0 aromatic rings. The Kier molecular flexibility index (Phi) is 4.07. The summed E-state index contributed by atoms with van der Waals surface area (Å²) in [6, 6.07) is 0. The van der Waals surface area contributed by atoms with Gasteiger partial charge in [-0.1, -0.05) is 12.2 Å². The summed E-state index contributed by atoms with van der Waals surface area (Å²) in [5.74, 6) is -0.241. The zero-order chi connectivity index (χ0) is 12.4. The second kappa shape index (κ2) is 4.80. The van der Waals surface area contributed by atoms with Crippen molar-refractivity contribution in [2.75, 3.05) is 6.61 Å². The number of aliphatic hydroxyl groups is 1. The molecule has 0 amide bonds. The monoisotopic (exact) mass is 244 g/mol. The molecule has 0 saturated carbocycles. The minimum absolute atomic E-state index is 0.0416. The van der Waals surface area contributed by atoms with Gasteiger partial charge >= 0.3 is 5.97 Å². The summed E-state index contributed by atoms with van der Waals surface area (Å²) in [4.78, 5) is 10.7. The van der Waals surface area contributed by atoms with Crippen molar-refractivity contribution in [2.45, 2.75) is 49.7 Å². The van der Waals surface area contributed by atoms with Crippen molar-refractivity contribution in [1.82, 2.24) is 0 Å². The summed E-state index contributed by atoms with van der Waals surface area (Å²) in [6.45, 7) is 7.57. The van der Waals surface area contributed by atoms with Crippen LogP contribution >= 0.6 is 11.8 Å². The quantitative estimate of drug-likeness (QED) is 0.608. The van der Waals surface area contributed by atoms with Gasteiger partial charge in [0.25, 0.3) is 0 Å². The van der Waals surface area contributed by atoms with Gasteiger partial charge in [-0.2, -0.15) is 0 Å². The van der Waals surface area contributed by atoms with Crippen molar-refractivity contribution in [3.63, 3.8) is 0 Å². The van der Waals surface area contributed by atoms with E-state index in [1.54, 1.807) is 11.8 Å². The highest BCUT2D eigenvalue weighted by atomic mass is 32.2. The summed E-state index contributed by atoms with van der Waals surface area (Å²) in [5, 5.41) is 10.0. The fourth-order valence-corrected chi connectivity index (χ4v) is 2.96. The van der Waals surface area contributed by atoms with Crippen LogP contribution in [0.3, 0.4) is 0 Å². The molecule has 16 heavy (non-hydrogen) atoms. The van der Waals surface area contributed by atoms with Gasteiger partial charge in [0.15, 0.2) is 0 Å². The third-order valence-electron chi connectivity index (χ3n) is 2.62. The van der Waals surface area contributed by atoms with Crippen molar-refractivity contribution in [3.8, 4) is 0 Å². The lowest BCUT2D eigenvalue weighted by molar-refractivity contribution is -0.141. The van der Waals surface area contributed by atoms with Gasteiger partial charge in [-0.3, -0.25) is 4.79 Å². The Labute approximate surface area is 101 Å². The minimum Gasteiger partial charge on any atom is -0.466 e. The lowest BCUT2D eigenvalue weighted by Gasteiger charge is -2.28. The summed E-state index contributed by atoms with van der Waals surface area (Å²) in [6.07, 6.45) is 4.92. The van der Waals surface area contributed by atoms with Crippen LogP contribution in [-0.2, 0) is 9.53 Å². The molecule has 0 aromatic heterocycles. The molecule has 2 unspecified atom stereocenters. The number of hydrogen-bond donors (Lipinski definition) is 1. The van der Waals surface area contributed by atoms with Gasteiger partial charge in [0, 0.05) is 11.7 Å². The molecule has 92 valence electrons. The first-order chi connectivity index (χ1) is 7.23. The molecule has 1 rings (SSSR count). The van der Waals surface area contributed by atoms with E-state index < -0.39 is 5.60 Å². The topological polar surface area (TPSA) is 46.5 Å². The third-order valence-corrected chi connectivity index (χ3v) is 4.49. The maximum Gasteiger partial charge on any atom is 0.302 e. The van der Waals surface area contributed by atoms with Crippen LogP contribution in [-0.4, -0.2) is 33.3 Å². The molecule has 0 radical (unpaired) electrons. The Morgan fingerprint density at radius 1 is 1.62 bits per heavy atom. The van der Waals surface area contributed by atoms with E-state index in [4.69, 9.17) is 4.74 Å². The number of thioether (sulfide) groups is 1. The molecule has 4 heteroatoms. The number of carbonyl (C=O) groups is 1. The van der Waals surface area contributed by atoms with Crippen LogP contribution in [0.15, 0.2) is 12.2 Å². The van der Waals surface area contributed by atoms with Gasteiger partial charge in [0.2, 0.25) is 0 Å². The molecular weight excluding hydrogens is 224 g/mol. The second-order valence-electron chi connectivity index (χ2n) is 4.95. The third kappa shape index (κ3) is 3.83. The first-order valence-corrected chi connectivity index (χ1v) is 6.34. The molecule has 1 N–H and O–H groups in total. The predicted molar refractivity (Wildman–Crippen MR) is 66.5 cm³/mol. The Morgan fingerprint density at radius 2 is 2.25 bits per heavy atom. The summed E-state index contributed by atoms with van der Waals surface area (Å²) in [7, 11) is 0. The van der Waals surface area contributed by atoms with E-state index in [9.17, 15) is 9.90 Å². The number of ether oxygens (including phenoxy) is 1. The molecule has 1 aliphatic rings. The van der Waals surface area contributed by atoms with Crippen molar-refractivity contribution >= 4 is 17.7 Å². The van der Waals surface area contributed by atoms with Crippen LogP contribution in [0.4, 0.5) is 0 Å². The number of rotatable bonds is 4. The van der Waals surface area contributed by atoms with Crippen molar-refractivity contribution < 1.29 is 14.6 Å². The van der Waals surface area contributed by atoms with Crippen LogP contribution in [0.2, 0.25) is 0 Å². The van der Waals surface area contributed by atoms with E-state index in [-0.39, 0.29) is 16.0 Å². The molecule has 0 aliphatic carbocycles. The molecular formula is C12H20O3S. The van der Waals surface area contributed by atoms with Crippen LogP contribution in [0.1, 0.15) is 34.1 Å². The Balaban J connectivity index is 2.45. The Bertz CT molecular complexity index is 293. The van der Waals surface area contributed by atoms with E-state index in [2.05, 4.69) is 13.0 Å². The van der Waals surface area contributed by atoms with E-state index in [1.807, 2.05) is 19.9 Å². The van der Waals surface area contributed by atoms with Crippen molar-refractivity contribution in [3.05, 3.63) is 12.2 Å². The number of hydrogen-bond acceptors (Lipinski definition) is 4. The fraction of sp³-hybridized carbons (Fsp3) is 0.750. The lowest BCUT2D eigenvalue weighted by atomic mass is 10.0. The molecule has 0 aromatic carbocycles. The maximum absolute atomic E-state index is 10.7. The molecule has 0 saturated heterocycles. The highest BCUT2D eigenvalue weighted by Crippen LogP contribution is 2.43. The van der Waals surface area contributed by atoms with E-state index in [0.29, 0.717) is 6.61 Å². The molecule has 1 heterocycles. The summed E-state index contributed by atoms with van der Waals surface area (Å²) in [5.41, 5.74) is -0.708. The zero-order valence-corrected chi connectivity index (χ0v) is 11.1. The van der Waals surface area contributed by atoms with Gasteiger partial charge in [0.1, 0.15) is 0 Å². The van der Waals surface area contributed by atoms with Crippen LogP contribution in [0.25, 0.3) is 0 Å². The molecule has 0 bridgehead atoms. The predicted octanol–water partition coefficient (Wildman–Crippen LogP) is 2.14. The Hall–Kier alpha value is -0.480. The van der Waals surface area contributed by atoms with E-state index >= 15 is 0 Å². The maximum atomic E-state index is 10.7. The molecule has 2 atom stereocenters. The van der Waals surface area contributed by atoms with E-state index in [1.165, 1.54) is 6.92 Å². The van der Waals surface area contributed by atoms with Crippen LogP contribution in [0.5, 0.6) is 0 Å². The van der Waals surface area contributed by atoms with Crippen LogP contribution < -0.4 is 0 Å². The number of carbonyl (C=O) groups excluding carboxylic acids is 1. The fourth-order valence-electron chi connectivity index (χ4n) is 1.58. The first kappa shape index (κ1) is 13.6. The summed E-state index contributed by atoms with van der Waals surface area (Å²) >= 11 is 1.72. The summed E-state index contributed by atoms with van der Waals surface area (Å²) < 4.78 is 4.90. The standard InChI is InChI=1S/C12H20O3S/c1-9(13)15-8-7-12(4)6-5-10(16-12)11(2,3)14/h5-6,10,14H,7-8H2,1-4H3. The largest absolute Gasteiger partial charge is 0.466 e. The van der Waals surface area contributed by atoms with Gasteiger partial charge < -0.3 is 9.84 Å². The lowest BCUT2D eigenvalue weighted by Crippen LogP contribution is -2.32. The molecule has 1 aliphatic heterocycles. The van der Waals surface area contributed by atoms with Gasteiger partial charge in [-0.05, 0) is 27.2 Å². The molecule has 3 nitrogen and oxygen atoms in total. The van der Waals surface area contributed by atoms with Gasteiger partial charge in [0.05, 0.1) is 17.5 Å². The molecule has 0 spiro atoms. The van der Waals surface area contributed by atoms with Crippen molar-refractivity contribution in [2.24, 2.45) is 0 Å². The average molecular weight is 244 g/mol. The van der Waals surface area contributed by atoms with E-state index in [0.717, 1.165) is 6.42 Å². The number of esters is 1. The Morgan fingerprint density at radius 3 is 2.69 bits per heavy atom. The normalized spacial score (nSPS) is 29.4. The zero-order valence-electron chi connectivity index (χ0n) is 10.3. The minimum atomic E-state index is -0.708. The second-order valence-corrected chi connectivity index (χ2v) is 6.63. The first-order valence-electron chi connectivity index (χ1n) is 5.46. The highest BCUT2D eigenvalue weighted by Gasteiger charge is 2.37. The average Bonchev–Trinajstić information content (AvgIpc) is 2.46. The smallest absolute Gasteiger partial charge is 0.302 e. The van der Waals surface area contributed by atoms with Crippen molar-refractivity contribution in [1.29, 1.82) is 0 Å². The SMILES string of the molecule is CC(=O)OCCC1(C)C=CC(C(C)(C)O)S1. The van der Waals surface area contributed by atoms with Crippen LogP contribution in [0, 0.1) is 0 Å².